The molecule has 0 aliphatic rings. The van der Waals surface area contributed by atoms with Crippen molar-refractivity contribution in [3.8, 4) is 0 Å². The lowest BCUT2D eigenvalue weighted by atomic mass is 10.0. The summed E-state index contributed by atoms with van der Waals surface area (Å²) in [6, 6.07) is 3.37. The molecule has 1 N–H and O–H groups in total. The maximum Gasteiger partial charge on any atom is 0.251 e. The third kappa shape index (κ3) is 5.64. The summed E-state index contributed by atoms with van der Waals surface area (Å²) < 4.78 is 5.43. The second kappa shape index (κ2) is 8.35. The van der Waals surface area contributed by atoms with Crippen LogP contribution in [0.15, 0.2) is 12.1 Å². The highest BCUT2D eigenvalue weighted by atomic mass is 35.5. The van der Waals surface area contributed by atoms with Crippen molar-refractivity contribution in [3.05, 3.63) is 28.5 Å². The number of ether oxygens (including phenoxy) is 1. The standard InChI is InChI=1S/C16H25ClN2O2/c1-6-21-9-14(11(4)5)19-16(20)12-7-13(10(2)3)18-15(17)8-12/h7-8,10-11,14H,6,9H2,1-5H3,(H,19,20). The molecule has 21 heavy (non-hydrogen) atoms. The minimum absolute atomic E-state index is 0.0214. The molecule has 0 aliphatic heterocycles. The van der Waals surface area contributed by atoms with Crippen LogP contribution in [0.5, 0.6) is 0 Å². The fraction of sp³-hybridized carbons (Fsp3) is 0.625. The van der Waals surface area contributed by atoms with Crippen LogP contribution in [-0.2, 0) is 4.74 Å². The molecule has 0 spiro atoms. The van der Waals surface area contributed by atoms with E-state index in [1.165, 1.54) is 0 Å². The first kappa shape index (κ1) is 17.9. The minimum atomic E-state index is -0.139. The van der Waals surface area contributed by atoms with Crippen LogP contribution in [0.25, 0.3) is 0 Å². The molecule has 1 rings (SSSR count). The maximum absolute atomic E-state index is 12.4. The molecule has 1 unspecified atom stereocenters. The lowest BCUT2D eigenvalue weighted by Gasteiger charge is -2.22. The average Bonchev–Trinajstić information content (AvgIpc) is 2.42. The molecule has 0 saturated heterocycles. The van der Waals surface area contributed by atoms with Crippen LogP contribution in [0.1, 0.15) is 56.6 Å². The van der Waals surface area contributed by atoms with Gasteiger partial charge in [0.05, 0.1) is 12.6 Å². The summed E-state index contributed by atoms with van der Waals surface area (Å²) in [7, 11) is 0. The Morgan fingerprint density at radius 1 is 1.33 bits per heavy atom. The zero-order chi connectivity index (χ0) is 16.0. The SMILES string of the molecule is CCOCC(NC(=O)c1cc(Cl)nc(C(C)C)c1)C(C)C. The number of pyridine rings is 1. The van der Waals surface area contributed by atoms with Crippen molar-refractivity contribution in [2.75, 3.05) is 13.2 Å². The second-order valence-electron chi connectivity index (χ2n) is 5.74. The van der Waals surface area contributed by atoms with Gasteiger partial charge in [-0.05, 0) is 30.9 Å². The molecule has 0 fully saturated rings. The molecule has 4 nitrogen and oxygen atoms in total. The molecule has 0 radical (unpaired) electrons. The van der Waals surface area contributed by atoms with Crippen molar-refractivity contribution in [1.82, 2.24) is 10.3 Å². The Labute approximate surface area is 132 Å². The maximum atomic E-state index is 12.4. The van der Waals surface area contributed by atoms with Crippen molar-refractivity contribution < 1.29 is 9.53 Å². The number of hydrogen-bond acceptors (Lipinski definition) is 3. The summed E-state index contributed by atoms with van der Waals surface area (Å²) in [6.07, 6.45) is 0. The molecule has 1 aromatic heterocycles. The van der Waals surface area contributed by atoms with Gasteiger partial charge >= 0.3 is 0 Å². The summed E-state index contributed by atoms with van der Waals surface area (Å²) in [5, 5.41) is 3.36. The lowest BCUT2D eigenvalue weighted by molar-refractivity contribution is 0.0806. The molecule has 1 atom stereocenters. The Bertz CT molecular complexity index is 475. The summed E-state index contributed by atoms with van der Waals surface area (Å²) in [4.78, 5) is 16.6. The number of nitrogens with zero attached hydrogens (tertiary/aromatic N) is 1. The Hall–Kier alpha value is -1.13. The van der Waals surface area contributed by atoms with Crippen LogP contribution in [-0.4, -0.2) is 30.1 Å². The van der Waals surface area contributed by atoms with Crippen molar-refractivity contribution in [2.45, 2.75) is 46.6 Å². The van der Waals surface area contributed by atoms with Crippen molar-refractivity contribution in [2.24, 2.45) is 5.92 Å². The number of rotatable bonds is 7. The Morgan fingerprint density at radius 2 is 2.00 bits per heavy atom. The van der Waals surface area contributed by atoms with Crippen molar-refractivity contribution in [1.29, 1.82) is 0 Å². The molecule has 1 aromatic rings. The third-order valence-corrected chi connectivity index (χ3v) is 3.48. The van der Waals surface area contributed by atoms with Crippen LogP contribution in [0.4, 0.5) is 0 Å². The van der Waals surface area contributed by atoms with E-state index in [-0.39, 0.29) is 17.9 Å². The van der Waals surface area contributed by atoms with E-state index in [2.05, 4.69) is 24.1 Å². The van der Waals surface area contributed by atoms with E-state index in [0.717, 1.165) is 5.69 Å². The van der Waals surface area contributed by atoms with Crippen LogP contribution < -0.4 is 5.32 Å². The van der Waals surface area contributed by atoms with Crippen LogP contribution >= 0.6 is 11.6 Å². The molecule has 0 saturated carbocycles. The summed E-state index contributed by atoms with van der Waals surface area (Å²) >= 11 is 6.01. The Balaban J connectivity index is 2.86. The quantitative estimate of drug-likeness (QED) is 0.782. The first-order chi connectivity index (χ1) is 9.85. The lowest BCUT2D eigenvalue weighted by Crippen LogP contribution is -2.42. The zero-order valence-corrected chi connectivity index (χ0v) is 14.2. The number of nitrogens with one attached hydrogen (secondary N) is 1. The van der Waals surface area contributed by atoms with Crippen LogP contribution in [0.2, 0.25) is 5.15 Å². The van der Waals surface area contributed by atoms with E-state index < -0.39 is 0 Å². The van der Waals surface area contributed by atoms with Gasteiger partial charge in [-0.3, -0.25) is 4.79 Å². The minimum Gasteiger partial charge on any atom is -0.380 e. The van der Waals surface area contributed by atoms with E-state index in [9.17, 15) is 4.79 Å². The van der Waals surface area contributed by atoms with Gasteiger partial charge in [-0.2, -0.15) is 0 Å². The van der Waals surface area contributed by atoms with Gasteiger partial charge in [-0.25, -0.2) is 4.98 Å². The predicted octanol–water partition coefficient (Wildman–Crippen LogP) is 3.65. The van der Waals surface area contributed by atoms with Gasteiger partial charge in [0.15, 0.2) is 0 Å². The molecule has 0 aromatic carbocycles. The van der Waals surface area contributed by atoms with Crippen molar-refractivity contribution in [3.63, 3.8) is 0 Å². The molecule has 5 heteroatoms. The Morgan fingerprint density at radius 3 is 2.52 bits per heavy atom. The summed E-state index contributed by atoms with van der Waals surface area (Å²) in [5.74, 6) is 0.376. The number of halogens is 1. The first-order valence-corrected chi connectivity index (χ1v) is 7.79. The molecule has 1 heterocycles. The number of amides is 1. The zero-order valence-electron chi connectivity index (χ0n) is 13.4. The molecular formula is C16H25ClN2O2. The molecule has 0 aliphatic carbocycles. The predicted molar refractivity (Wildman–Crippen MR) is 85.9 cm³/mol. The van der Waals surface area contributed by atoms with Crippen LogP contribution in [0.3, 0.4) is 0 Å². The summed E-state index contributed by atoms with van der Waals surface area (Å²) in [5.41, 5.74) is 1.36. The second-order valence-corrected chi connectivity index (χ2v) is 6.13. The number of aromatic nitrogens is 1. The molecule has 0 bridgehead atoms. The van der Waals surface area contributed by atoms with E-state index >= 15 is 0 Å². The Kier molecular flexibility index (Phi) is 7.12. The van der Waals surface area contributed by atoms with Gasteiger partial charge in [-0.15, -0.1) is 0 Å². The highest BCUT2D eigenvalue weighted by molar-refractivity contribution is 6.29. The first-order valence-electron chi connectivity index (χ1n) is 7.41. The summed E-state index contributed by atoms with van der Waals surface area (Å²) in [6.45, 7) is 11.2. The number of hydrogen-bond donors (Lipinski definition) is 1. The molecule has 118 valence electrons. The smallest absolute Gasteiger partial charge is 0.251 e. The van der Waals surface area contributed by atoms with Crippen molar-refractivity contribution >= 4 is 17.5 Å². The van der Waals surface area contributed by atoms with Gasteiger partial charge in [0.1, 0.15) is 5.15 Å². The van der Waals surface area contributed by atoms with Gasteiger partial charge in [-0.1, -0.05) is 39.3 Å². The molecule has 1 amide bonds. The van der Waals surface area contributed by atoms with E-state index in [1.54, 1.807) is 12.1 Å². The van der Waals surface area contributed by atoms with Gasteiger partial charge < -0.3 is 10.1 Å². The fourth-order valence-corrected chi connectivity index (χ4v) is 2.06. The van der Waals surface area contributed by atoms with E-state index in [0.29, 0.717) is 29.8 Å². The van der Waals surface area contributed by atoms with Gasteiger partial charge in [0.25, 0.3) is 5.91 Å². The van der Waals surface area contributed by atoms with Gasteiger partial charge in [0.2, 0.25) is 0 Å². The van der Waals surface area contributed by atoms with Gasteiger partial charge in [0, 0.05) is 17.9 Å². The topological polar surface area (TPSA) is 51.2 Å². The average molecular weight is 313 g/mol. The van der Waals surface area contributed by atoms with E-state index in [4.69, 9.17) is 16.3 Å². The highest BCUT2D eigenvalue weighted by Crippen LogP contribution is 2.18. The number of carbonyl (C=O) groups is 1. The monoisotopic (exact) mass is 312 g/mol. The normalized spacial score (nSPS) is 12.8. The molecular weight excluding hydrogens is 288 g/mol. The third-order valence-electron chi connectivity index (χ3n) is 3.29. The highest BCUT2D eigenvalue weighted by Gasteiger charge is 2.18. The fourth-order valence-electron chi connectivity index (χ4n) is 1.84. The number of carbonyl (C=O) groups excluding carboxylic acids is 1. The van der Waals surface area contributed by atoms with Crippen LogP contribution in [0, 0.1) is 5.92 Å². The van der Waals surface area contributed by atoms with E-state index in [1.807, 2.05) is 20.8 Å². The largest absolute Gasteiger partial charge is 0.380 e.